The van der Waals surface area contributed by atoms with Gasteiger partial charge in [0.2, 0.25) is 5.91 Å². The number of benzene rings is 2. The van der Waals surface area contributed by atoms with Crippen LogP contribution in [0.5, 0.6) is 0 Å². The molecule has 1 aliphatic rings. The molecule has 0 radical (unpaired) electrons. The van der Waals surface area contributed by atoms with Crippen molar-refractivity contribution in [3.05, 3.63) is 65.2 Å². The van der Waals surface area contributed by atoms with Gasteiger partial charge in [0.25, 0.3) is 5.91 Å². The summed E-state index contributed by atoms with van der Waals surface area (Å²) in [7, 11) is 0. The van der Waals surface area contributed by atoms with E-state index in [2.05, 4.69) is 16.0 Å². The lowest BCUT2D eigenvalue weighted by atomic mass is 9.91. The molecule has 160 valence electrons. The van der Waals surface area contributed by atoms with Gasteiger partial charge in [-0.15, -0.1) is 12.4 Å². The van der Waals surface area contributed by atoms with E-state index in [-0.39, 0.29) is 19.0 Å². The van der Waals surface area contributed by atoms with Gasteiger partial charge >= 0.3 is 6.03 Å². The van der Waals surface area contributed by atoms with Crippen LogP contribution in [0.4, 0.5) is 10.5 Å². The lowest BCUT2D eigenvalue weighted by Gasteiger charge is -2.22. The highest BCUT2D eigenvalue weighted by molar-refractivity contribution is 6.10. The average Bonchev–Trinajstić information content (AvgIpc) is 2.91. The number of rotatable bonds is 7. The highest BCUT2D eigenvalue weighted by Crippen LogP contribution is 2.29. The van der Waals surface area contributed by atoms with Crippen molar-refractivity contribution in [2.75, 3.05) is 18.4 Å². The third kappa shape index (κ3) is 4.80. The summed E-state index contributed by atoms with van der Waals surface area (Å²) in [6, 6.07) is 14.3. The molecular formula is C22H27ClN4O3. The van der Waals surface area contributed by atoms with Crippen LogP contribution in [0.3, 0.4) is 0 Å². The second-order valence-electron chi connectivity index (χ2n) is 7.30. The van der Waals surface area contributed by atoms with E-state index in [4.69, 9.17) is 0 Å². The third-order valence-corrected chi connectivity index (χ3v) is 5.06. The third-order valence-electron chi connectivity index (χ3n) is 5.06. The van der Waals surface area contributed by atoms with E-state index in [0.29, 0.717) is 17.8 Å². The van der Waals surface area contributed by atoms with Crippen LogP contribution in [0.2, 0.25) is 0 Å². The number of nitrogens with one attached hydrogen (secondary N) is 3. The number of hydrogen-bond donors (Lipinski definition) is 3. The minimum Gasteiger partial charge on any atom is -0.324 e. The summed E-state index contributed by atoms with van der Waals surface area (Å²) >= 11 is 0. The molecule has 0 aromatic heterocycles. The highest BCUT2D eigenvalue weighted by atomic mass is 35.5. The fourth-order valence-corrected chi connectivity index (χ4v) is 3.31. The van der Waals surface area contributed by atoms with Gasteiger partial charge in [0.1, 0.15) is 12.1 Å². The minimum atomic E-state index is -1.19. The Hall–Kier alpha value is -2.90. The summed E-state index contributed by atoms with van der Waals surface area (Å²) in [5.74, 6) is -0.868. The number of nitrogens with zero attached hydrogens (tertiary/aromatic N) is 1. The van der Waals surface area contributed by atoms with Gasteiger partial charge in [0.05, 0.1) is 0 Å². The zero-order chi connectivity index (χ0) is 21.0. The Kier molecular flexibility index (Phi) is 7.59. The van der Waals surface area contributed by atoms with E-state index >= 15 is 0 Å². The molecule has 1 unspecified atom stereocenters. The zero-order valence-electron chi connectivity index (χ0n) is 17.3. The Morgan fingerprint density at radius 3 is 2.43 bits per heavy atom. The van der Waals surface area contributed by atoms with Crippen LogP contribution < -0.4 is 16.0 Å². The number of hydrogen-bond acceptors (Lipinski definition) is 4. The van der Waals surface area contributed by atoms with Crippen LogP contribution in [0.25, 0.3) is 0 Å². The van der Waals surface area contributed by atoms with Crippen LogP contribution >= 0.6 is 12.4 Å². The number of para-hydroxylation sites is 1. The van der Waals surface area contributed by atoms with E-state index in [1.54, 1.807) is 13.0 Å². The molecule has 0 aliphatic carbocycles. The Morgan fingerprint density at radius 1 is 1.10 bits per heavy atom. The number of urea groups is 1. The largest absolute Gasteiger partial charge is 0.325 e. The molecule has 3 rings (SSSR count). The van der Waals surface area contributed by atoms with Crippen molar-refractivity contribution in [1.29, 1.82) is 0 Å². The first-order valence-corrected chi connectivity index (χ1v) is 9.65. The summed E-state index contributed by atoms with van der Waals surface area (Å²) < 4.78 is 0. The maximum Gasteiger partial charge on any atom is 0.325 e. The van der Waals surface area contributed by atoms with Gasteiger partial charge in [-0.05, 0) is 37.6 Å². The summed E-state index contributed by atoms with van der Waals surface area (Å²) in [5.41, 5.74) is 2.15. The number of imide groups is 1. The van der Waals surface area contributed by atoms with Gasteiger partial charge in [-0.25, -0.2) is 4.79 Å². The van der Waals surface area contributed by atoms with Crippen molar-refractivity contribution in [2.24, 2.45) is 0 Å². The number of aryl methyl sites for hydroxylation is 1. The number of amides is 4. The number of carbonyl (C=O) groups is 3. The molecular weight excluding hydrogens is 404 g/mol. The smallest absolute Gasteiger partial charge is 0.324 e. The fraction of sp³-hybridized carbons (Fsp3) is 0.318. The molecule has 1 saturated heterocycles. The van der Waals surface area contributed by atoms with Gasteiger partial charge < -0.3 is 16.0 Å². The quantitative estimate of drug-likeness (QED) is 0.589. The van der Waals surface area contributed by atoms with Crippen molar-refractivity contribution in [2.45, 2.75) is 32.9 Å². The molecule has 2 aromatic carbocycles. The van der Waals surface area contributed by atoms with E-state index in [0.717, 1.165) is 22.6 Å². The molecule has 4 amide bonds. The lowest BCUT2D eigenvalue weighted by molar-refractivity contribution is -0.133. The topological polar surface area (TPSA) is 90.5 Å². The lowest BCUT2D eigenvalue weighted by Crippen LogP contribution is -2.42. The first-order valence-electron chi connectivity index (χ1n) is 9.65. The average molecular weight is 431 g/mol. The van der Waals surface area contributed by atoms with Gasteiger partial charge in [-0.1, -0.05) is 55.0 Å². The molecule has 7 nitrogen and oxygen atoms in total. The zero-order valence-corrected chi connectivity index (χ0v) is 18.1. The van der Waals surface area contributed by atoms with E-state index in [1.165, 1.54) is 0 Å². The van der Waals surface area contributed by atoms with Crippen molar-refractivity contribution in [1.82, 2.24) is 15.5 Å². The van der Waals surface area contributed by atoms with E-state index in [9.17, 15) is 14.4 Å². The van der Waals surface area contributed by atoms with Gasteiger partial charge in [0, 0.05) is 12.2 Å². The summed E-state index contributed by atoms with van der Waals surface area (Å²) in [4.78, 5) is 38.9. The number of anilines is 1. The maximum absolute atomic E-state index is 13.0. The molecule has 1 fully saturated rings. The molecule has 30 heavy (non-hydrogen) atoms. The minimum absolute atomic E-state index is 0. The Labute approximate surface area is 182 Å². The van der Waals surface area contributed by atoms with Crippen LogP contribution in [0.1, 0.15) is 30.5 Å². The predicted octanol–water partition coefficient (Wildman–Crippen LogP) is 2.93. The monoisotopic (exact) mass is 430 g/mol. The SMILES string of the molecule is CCNCc1ccccc1NC(=O)CN1C(=O)NC(C)(c2ccc(C)cc2)C1=O.Cl. The molecule has 0 spiro atoms. The second-order valence-corrected chi connectivity index (χ2v) is 7.30. The summed E-state index contributed by atoms with van der Waals surface area (Å²) in [6.45, 7) is 6.68. The fourth-order valence-electron chi connectivity index (χ4n) is 3.31. The summed E-state index contributed by atoms with van der Waals surface area (Å²) in [5, 5.41) is 8.75. The van der Waals surface area contributed by atoms with Crippen molar-refractivity contribution in [3.8, 4) is 0 Å². The predicted molar refractivity (Wildman–Crippen MR) is 118 cm³/mol. The van der Waals surface area contributed by atoms with Gasteiger partial charge in [-0.2, -0.15) is 0 Å². The van der Waals surface area contributed by atoms with Crippen LogP contribution in [0.15, 0.2) is 48.5 Å². The van der Waals surface area contributed by atoms with Crippen LogP contribution in [0, 0.1) is 6.92 Å². The van der Waals surface area contributed by atoms with Gasteiger partial charge in [0.15, 0.2) is 0 Å². The second kappa shape index (κ2) is 9.73. The van der Waals surface area contributed by atoms with Crippen LogP contribution in [-0.2, 0) is 21.7 Å². The normalized spacial score (nSPS) is 18.0. The maximum atomic E-state index is 13.0. The van der Waals surface area contributed by atoms with E-state index < -0.39 is 23.4 Å². The molecule has 0 saturated carbocycles. The van der Waals surface area contributed by atoms with Crippen LogP contribution in [-0.4, -0.2) is 35.8 Å². The first-order chi connectivity index (χ1) is 13.8. The van der Waals surface area contributed by atoms with Gasteiger partial charge in [-0.3, -0.25) is 14.5 Å². The van der Waals surface area contributed by atoms with Crippen molar-refractivity contribution >= 4 is 35.9 Å². The molecule has 1 aliphatic heterocycles. The number of carbonyl (C=O) groups excluding carboxylic acids is 3. The first kappa shape index (κ1) is 23.4. The summed E-state index contributed by atoms with van der Waals surface area (Å²) in [6.07, 6.45) is 0. The number of halogens is 1. The molecule has 2 aromatic rings. The Balaban J connectivity index is 0.00000320. The molecule has 8 heteroatoms. The Morgan fingerprint density at radius 2 is 1.77 bits per heavy atom. The molecule has 1 heterocycles. The highest BCUT2D eigenvalue weighted by Gasteiger charge is 2.49. The van der Waals surface area contributed by atoms with Crippen molar-refractivity contribution < 1.29 is 14.4 Å². The Bertz CT molecular complexity index is 932. The molecule has 3 N–H and O–H groups in total. The van der Waals surface area contributed by atoms with E-state index in [1.807, 2.05) is 56.3 Å². The molecule has 0 bridgehead atoms. The van der Waals surface area contributed by atoms with Crippen molar-refractivity contribution in [3.63, 3.8) is 0 Å². The molecule has 1 atom stereocenters. The standard InChI is InChI=1S/C22H26N4O3.ClH/c1-4-23-13-16-7-5-6-8-18(16)24-19(27)14-26-20(28)22(3,25-21(26)29)17-11-9-15(2)10-12-17;/h5-12,23H,4,13-14H2,1-3H3,(H,24,27)(H,25,29);1H.